The fraction of sp³-hybridized carbons (Fsp3) is 0.300. The van der Waals surface area contributed by atoms with Crippen molar-refractivity contribution in [3.63, 3.8) is 0 Å². The number of hydrogen-bond donors (Lipinski definition) is 2. The Balaban J connectivity index is 3.14. The number of halogens is 2. The summed E-state index contributed by atoms with van der Waals surface area (Å²) in [7, 11) is 1.53. The van der Waals surface area contributed by atoms with E-state index in [1.165, 1.54) is 19.2 Å². The fourth-order valence-electron chi connectivity index (χ4n) is 1.21. The second-order valence-corrected chi connectivity index (χ2v) is 4.40. The van der Waals surface area contributed by atoms with Crippen LogP contribution in [0, 0.1) is 0 Å². The smallest absolute Gasteiger partial charge is 0.337 e. The first-order chi connectivity index (χ1) is 7.47. The molecule has 0 radical (unpaired) electrons. The summed E-state index contributed by atoms with van der Waals surface area (Å²) >= 11 is 9.20. The van der Waals surface area contributed by atoms with Gasteiger partial charge in [-0.2, -0.15) is 0 Å². The molecule has 1 atom stereocenters. The van der Waals surface area contributed by atoms with E-state index in [-0.39, 0.29) is 5.56 Å². The van der Waals surface area contributed by atoms with Crippen LogP contribution in [0.25, 0.3) is 0 Å². The summed E-state index contributed by atoms with van der Waals surface area (Å²) in [6.07, 6.45) is -1.58. The Morgan fingerprint density at radius 3 is 2.69 bits per heavy atom. The molecule has 0 aliphatic carbocycles. The van der Waals surface area contributed by atoms with E-state index in [9.17, 15) is 9.90 Å². The van der Waals surface area contributed by atoms with E-state index in [0.717, 1.165) is 0 Å². The molecule has 0 spiro atoms. The van der Waals surface area contributed by atoms with Gasteiger partial charge < -0.3 is 14.9 Å². The summed E-state index contributed by atoms with van der Waals surface area (Å²) in [5, 5.41) is 18.4. The monoisotopic (exact) mass is 308 g/mol. The number of aliphatic hydroxyl groups excluding tert-OH is 1. The lowest BCUT2D eigenvalue weighted by molar-refractivity contribution is -0.146. The highest BCUT2D eigenvalue weighted by Gasteiger charge is 2.18. The molecule has 88 valence electrons. The molecule has 0 aromatic heterocycles. The SMILES string of the molecule is COCc1c(Cl)cc(C(O)C(=O)O)cc1Br. The average Bonchev–Trinajstić information content (AvgIpc) is 2.21. The number of carboxylic acid groups (broad SMARTS) is 1. The fourth-order valence-corrected chi connectivity index (χ4v) is 2.19. The van der Waals surface area contributed by atoms with E-state index in [0.29, 0.717) is 21.7 Å². The molecular formula is C10H10BrClO4. The zero-order valence-electron chi connectivity index (χ0n) is 8.41. The Morgan fingerprint density at radius 2 is 2.25 bits per heavy atom. The van der Waals surface area contributed by atoms with Gasteiger partial charge in [0.15, 0.2) is 6.10 Å². The number of benzene rings is 1. The minimum Gasteiger partial charge on any atom is -0.479 e. The van der Waals surface area contributed by atoms with Gasteiger partial charge in [0.2, 0.25) is 0 Å². The van der Waals surface area contributed by atoms with Crippen molar-refractivity contribution in [3.8, 4) is 0 Å². The third-order valence-electron chi connectivity index (χ3n) is 2.00. The molecule has 1 rings (SSSR count). The Bertz CT molecular complexity index is 385. The Hall–Kier alpha value is -0.620. The quantitative estimate of drug-likeness (QED) is 0.896. The molecular weight excluding hydrogens is 299 g/mol. The number of carboxylic acids is 1. The largest absolute Gasteiger partial charge is 0.479 e. The van der Waals surface area contributed by atoms with Crippen LogP contribution in [0.5, 0.6) is 0 Å². The van der Waals surface area contributed by atoms with Gasteiger partial charge >= 0.3 is 5.97 Å². The Kier molecular flexibility index (Phi) is 4.73. The lowest BCUT2D eigenvalue weighted by Gasteiger charge is -2.11. The lowest BCUT2D eigenvalue weighted by atomic mass is 10.1. The maximum absolute atomic E-state index is 10.6. The van der Waals surface area contributed by atoms with Crippen LogP contribution in [0.1, 0.15) is 17.2 Å². The third kappa shape index (κ3) is 2.95. The van der Waals surface area contributed by atoms with Gasteiger partial charge in [-0.05, 0) is 17.7 Å². The van der Waals surface area contributed by atoms with Crippen molar-refractivity contribution < 1.29 is 19.7 Å². The van der Waals surface area contributed by atoms with E-state index in [2.05, 4.69) is 15.9 Å². The average molecular weight is 310 g/mol. The first-order valence-corrected chi connectivity index (χ1v) is 5.52. The highest BCUT2D eigenvalue weighted by atomic mass is 79.9. The van der Waals surface area contributed by atoms with E-state index in [1.807, 2.05) is 0 Å². The Morgan fingerprint density at radius 1 is 1.62 bits per heavy atom. The molecule has 0 heterocycles. The predicted molar refractivity (Wildman–Crippen MR) is 62.5 cm³/mol. The maximum Gasteiger partial charge on any atom is 0.337 e. The van der Waals surface area contributed by atoms with Gasteiger partial charge in [-0.1, -0.05) is 27.5 Å². The summed E-state index contributed by atoms with van der Waals surface area (Å²) in [4.78, 5) is 10.6. The minimum atomic E-state index is -1.58. The second-order valence-electron chi connectivity index (χ2n) is 3.14. The standard InChI is InChI=1S/C10H10BrClO4/c1-16-4-6-7(11)2-5(3-8(6)12)9(13)10(14)15/h2-3,9,13H,4H2,1H3,(H,14,15). The number of aliphatic hydroxyl groups is 1. The molecule has 1 aromatic rings. The number of rotatable bonds is 4. The zero-order valence-corrected chi connectivity index (χ0v) is 10.7. The van der Waals surface area contributed by atoms with Crippen molar-refractivity contribution in [2.75, 3.05) is 7.11 Å². The van der Waals surface area contributed by atoms with Gasteiger partial charge in [-0.15, -0.1) is 0 Å². The van der Waals surface area contributed by atoms with E-state index < -0.39 is 12.1 Å². The van der Waals surface area contributed by atoms with Gasteiger partial charge in [0.25, 0.3) is 0 Å². The van der Waals surface area contributed by atoms with Crippen LogP contribution >= 0.6 is 27.5 Å². The molecule has 16 heavy (non-hydrogen) atoms. The normalized spacial score (nSPS) is 12.5. The maximum atomic E-state index is 10.6. The molecule has 0 bridgehead atoms. The van der Waals surface area contributed by atoms with Crippen molar-refractivity contribution in [1.82, 2.24) is 0 Å². The highest BCUT2D eigenvalue weighted by molar-refractivity contribution is 9.10. The van der Waals surface area contributed by atoms with Crippen molar-refractivity contribution in [2.45, 2.75) is 12.7 Å². The molecule has 0 aliphatic heterocycles. The number of aliphatic carboxylic acids is 1. The molecule has 0 saturated carbocycles. The summed E-state index contributed by atoms with van der Waals surface area (Å²) in [6, 6.07) is 2.93. The molecule has 6 heteroatoms. The van der Waals surface area contributed by atoms with Gasteiger partial charge in [0, 0.05) is 22.2 Å². The van der Waals surface area contributed by atoms with Crippen molar-refractivity contribution in [2.24, 2.45) is 0 Å². The molecule has 0 saturated heterocycles. The molecule has 1 unspecified atom stereocenters. The first-order valence-electron chi connectivity index (χ1n) is 4.35. The summed E-state index contributed by atoms with van der Waals surface area (Å²) < 4.78 is 5.55. The van der Waals surface area contributed by atoms with Crippen LogP contribution in [0.15, 0.2) is 16.6 Å². The minimum absolute atomic E-state index is 0.226. The third-order valence-corrected chi connectivity index (χ3v) is 3.05. The summed E-state index contributed by atoms with van der Waals surface area (Å²) in [6.45, 7) is 0.308. The van der Waals surface area contributed by atoms with E-state index >= 15 is 0 Å². The van der Waals surface area contributed by atoms with Crippen LogP contribution in [-0.4, -0.2) is 23.3 Å². The molecule has 0 aliphatic rings. The van der Waals surface area contributed by atoms with E-state index in [4.69, 9.17) is 21.4 Å². The van der Waals surface area contributed by atoms with Crippen LogP contribution < -0.4 is 0 Å². The molecule has 2 N–H and O–H groups in total. The number of methoxy groups -OCH3 is 1. The Labute approximate surface area is 106 Å². The van der Waals surface area contributed by atoms with Crippen LogP contribution in [0.4, 0.5) is 0 Å². The van der Waals surface area contributed by atoms with Gasteiger partial charge in [-0.3, -0.25) is 0 Å². The zero-order chi connectivity index (χ0) is 12.3. The van der Waals surface area contributed by atoms with Crippen LogP contribution in [0.3, 0.4) is 0 Å². The summed E-state index contributed by atoms with van der Waals surface area (Å²) in [5.41, 5.74) is 0.940. The molecule has 4 nitrogen and oxygen atoms in total. The molecule has 1 aromatic carbocycles. The predicted octanol–water partition coefficient (Wildman–Crippen LogP) is 2.37. The van der Waals surface area contributed by atoms with Crippen molar-refractivity contribution in [3.05, 3.63) is 32.8 Å². The molecule has 0 fully saturated rings. The lowest BCUT2D eigenvalue weighted by Crippen LogP contribution is -2.10. The number of ether oxygens (including phenoxy) is 1. The topological polar surface area (TPSA) is 66.8 Å². The van der Waals surface area contributed by atoms with Gasteiger partial charge in [-0.25, -0.2) is 4.79 Å². The first kappa shape index (κ1) is 13.4. The number of carbonyl (C=O) groups is 1. The van der Waals surface area contributed by atoms with E-state index in [1.54, 1.807) is 0 Å². The van der Waals surface area contributed by atoms with Gasteiger partial charge in [0.05, 0.1) is 6.61 Å². The van der Waals surface area contributed by atoms with Crippen molar-refractivity contribution in [1.29, 1.82) is 0 Å². The highest BCUT2D eigenvalue weighted by Crippen LogP contribution is 2.30. The second kappa shape index (κ2) is 5.63. The van der Waals surface area contributed by atoms with Crippen LogP contribution in [-0.2, 0) is 16.1 Å². The van der Waals surface area contributed by atoms with Crippen molar-refractivity contribution >= 4 is 33.5 Å². The van der Waals surface area contributed by atoms with Crippen LogP contribution in [0.2, 0.25) is 5.02 Å². The molecule has 0 amide bonds. The number of hydrogen-bond acceptors (Lipinski definition) is 3. The summed E-state index contributed by atoms with van der Waals surface area (Å²) in [5.74, 6) is -1.32. The van der Waals surface area contributed by atoms with Gasteiger partial charge in [0.1, 0.15) is 0 Å².